The van der Waals surface area contributed by atoms with Crippen LogP contribution in [0.5, 0.6) is 0 Å². The maximum Gasteiger partial charge on any atom is 0.410 e. The van der Waals surface area contributed by atoms with E-state index in [1.807, 2.05) is 0 Å². The van der Waals surface area contributed by atoms with E-state index in [2.05, 4.69) is 10.3 Å². The van der Waals surface area contributed by atoms with Gasteiger partial charge in [0.2, 0.25) is 5.91 Å². The first-order valence-corrected chi connectivity index (χ1v) is 8.53. The van der Waals surface area contributed by atoms with E-state index in [1.54, 1.807) is 32.6 Å². The largest absolute Gasteiger partial charge is 0.444 e. The third-order valence-corrected chi connectivity index (χ3v) is 4.34. The Kier molecular flexibility index (Phi) is 5.83. The number of hydrogen-bond donors (Lipinski definition) is 1. The number of halogens is 2. The molecule has 0 radical (unpaired) electrons. The Hall–Kier alpha value is -2.25. The molecule has 1 aromatic heterocycles. The van der Waals surface area contributed by atoms with Gasteiger partial charge in [0.05, 0.1) is 17.3 Å². The number of pyridine rings is 1. The van der Waals surface area contributed by atoms with Gasteiger partial charge in [0.1, 0.15) is 5.60 Å². The first-order valence-electron chi connectivity index (χ1n) is 8.53. The molecule has 1 aromatic rings. The summed E-state index contributed by atoms with van der Waals surface area (Å²) in [5, 5.41) is 2.66. The van der Waals surface area contributed by atoms with Crippen LogP contribution in [0.15, 0.2) is 18.5 Å². The molecule has 2 rings (SSSR count). The number of nitrogens with zero attached hydrogens (tertiary/aromatic N) is 2. The molecule has 144 valence electrons. The Balaban J connectivity index is 1.96. The number of rotatable bonds is 3. The van der Waals surface area contributed by atoms with Crippen LogP contribution in [0.2, 0.25) is 0 Å². The zero-order chi connectivity index (χ0) is 19.5. The van der Waals surface area contributed by atoms with E-state index >= 15 is 0 Å². The van der Waals surface area contributed by atoms with Gasteiger partial charge < -0.3 is 15.0 Å². The van der Waals surface area contributed by atoms with Crippen LogP contribution in [-0.4, -0.2) is 40.6 Å². The lowest BCUT2D eigenvalue weighted by Crippen LogP contribution is -2.48. The predicted molar refractivity (Wildman–Crippen MR) is 93.0 cm³/mol. The second-order valence-electron chi connectivity index (χ2n) is 7.79. The van der Waals surface area contributed by atoms with E-state index in [0.29, 0.717) is 25.9 Å². The first-order chi connectivity index (χ1) is 12.0. The van der Waals surface area contributed by atoms with Crippen molar-refractivity contribution in [2.75, 3.05) is 18.4 Å². The molecule has 0 atom stereocenters. The summed E-state index contributed by atoms with van der Waals surface area (Å²) in [7, 11) is 0. The van der Waals surface area contributed by atoms with Gasteiger partial charge >= 0.3 is 6.09 Å². The molecular weight excluding hydrogens is 344 g/mol. The van der Waals surface area contributed by atoms with Crippen molar-refractivity contribution in [2.45, 2.75) is 52.6 Å². The third-order valence-electron chi connectivity index (χ3n) is 4.34. The van der Waals surface area contributed by atoms with Gasteiger partial charge in [0.15, 0.2) is 0 Å². The molecule has 0 aliphatic carbocycles. The Labute approximate surface area is 151 Å². The fourth-order valence-corrected chi connectivity index (χ4v) is 2.66. The van der Waals surface area contributed by atoms with E-state index in [9.17, 15) is 18.4 Å². The van der Waals surface area contributed by atoms with Gasteiger partial charge in [-0.1, -0.05) is 6.92 Å². The molecule has 0 bridgehead atoms. The monoisotopic (exact) mass is 369 g/mol. The number of carbonyl (C=O) groups is 2. The van der Waals surface area contributed by atoms with Gasteiger partial charge in [-0.3, -0.25) is 9.78 Å². The normalized spacial score (nSPS) is 17.1. The maximum absolute atomic E-state index is 12.7. The van der Waals surface area contributed by atoms with E-state index in [1.165, 1.54) is 12.3 Å². The number of piperidine rings is 1. The minimum atomic E-state index is -2.65. The molecule has 1 saturated heterocycles. The molecule has 0 unspecified atom stereocenters. The number of likely N-dealkylation sites (tertiary alicyclic amines) is 1. The minimum Gasteiger partial charge on any atom is -0.444 e. The molecule has 2 heterocycles. The van der Waals surface area contributed by atoms with Gasteiger partial charge in [0.25, 0.3) is 6.43 Å². The number of alkyl halides is 2. The second kappa shape index (κ2) is 7.55. The van der Waals surface area contributed by atoms with Crippen LogP contribution >= 0.6 is 0 Å². The molecule has 1 fully saturated rings. The molecule has 6 nitrogen and oxygen atoms in total. The Morgan fingerprint density at radius 1 is 1.27 bits per heavy atom. The highest BCUT2D eigenvalue weighted by Gasteiger charge is 2.39. The number of aromatic nitrogens is 1. The lowest BCUT2D eigenvalue weighted by atomic mass is 9.79. The zero-order valence-electron chi connectivity index (χ0n) is 15.5. The molecule has 0 spiro atoms. The zero-order valence-corrected chi connectivity index (χ0v) is 15.5. The van der Waals surface area contributed by atoms with Crippen molar-refractivity contribution in [1.29, 1.82) is 0 Å². The van der Waals surface area contributed by atoms with E-state index < -0.39 is 23.5 Å². The smallest absolute Gasteiger partial charge is 0.410 e. The van der Waals surface area contributed by atoms with Crippen molar-refractivity contribution < 1.29 is 23.1 Å². The summed E-state index contributed by atoms with van der Waals surface area (Å²) < 4.78 is 30.8. The van der Waals surface area contributed by atoms with E-state index in [-0.39, 0.29) is 17.2 Å². The van der Waals surface area contributed by atoms with Crippen LogP contribution in [-0.2, 0) is 9.53 Å². The van der Waals surface area contributed by atoms with Crippen molar-refractivity contribution in [3.8, 4) is 0 Å². The molecular formula is C18H25F2N3O3. The van der Waals surface area contributed by atoms with Crippen LogP contribution in [0.3, 0.4) is 0 Å². The summed E-state index contributed by atoms with van der Waals surface area (Å²) in [6.45, 7) is 8.00. The van der Waals surface area contributed by atoms with Crippen LogP contribution < -0.4 is 5.32 Å². The molecule has 26 heavy (non-hydrogen) atoms. The van der Waals surface area contributed by atoms with Crippen LogP contribution in [0, 0.1) is 5.41 Å². The number of ether oxygens (including phenoxy) is 1. The number of carbonyl (C=O) groups excluding carboxylic acids is 2. The van der Waals surface area contributed by atoms with Gasteiger partial charge in [-0.15, -0.1) is 0 Å². The molecule has 2 amide bonds. The highest BCUT2D eigenvalue weighted by Crippen LogP contribution is 2.33. The van der Waals surface area contributed by atoms with Gasteiger partial charge in [0, 0.05) is 24.8 Å². The van der Waals surface area contributed by atoms with Crippen LogP contribution in [0.25, 0.3) is 0 Å². The van der Waals surface area contributed by atoms with Crippen molar-refractivity contribution in [1.82, 2.24) is 9.88 Å². The van der Waals surface area contributed by atoms with Crippen molar-refractivity contribution in [3.05, 3.63) is 24.0 Å². The molecule has 1 aliphatic rings. The molecule has 0 aromatic carbocycles. The maximum atomic E-state index is 12.7. The van der Waals surface area contributed by atoms with E-state index in [0.717, 1.165) is 6.20 Å². The number of nitrogens with one attached hydrogen (secondary N) is 1. The summed E-state index contributed by atoms with van der Waals surface area (Å²) in [5.74, 6) is -0.269. The van der Waals surface area contributed by atoms with Crippen LogP contribution in [0.1, 0.15) is 52.5 Å². The summed E-state index contributed by atoms with van der Waals surface area (Å²) in [6, 6.07) is 1.22. The Bertz CT molecular complexity index is 666. The van der Waals surface area contributed by atoms with Gasteiger partial charge in [-0.25, -0.2) is 13.6 Å². The fourth-order valence-electron chi connectivity index (χ4n) is 2.66. The number of anilines is 1. The van der Waals surface area contributed by atoms with Gasteiger partial charge in [-0.05, 0) is 39.7 Å². The highest BCUT2D eigenvalue weighted by atomic mass is 19.3. The van der Waals surface area contributed by atoms with Crippen molar-refractivity contribution in [3.63, 3.8) is 0 Å². The predicted octanol–water partition coefficient (Wildman–Crippen LogP) is 3.99. The summed E-state index contributed by atoms with van der Waals surface area (Å²) in [5.41, 5.74) is -1.27. The molecule has 0 saturated carbocycles. The molecule has 8 heteroatoms. The van der Waals surface area contributed by atoms with Crippen molar-refractivity contribution in [2.24, 2.45) is 5.41 Å². The third kappa shape index (κ3) is 5.12. The van der Waals surface area contributed by atoms with Crippen molar-refractivity contribution >= 4 is 17.7 Å². The average Bonchev–Trinajstić information content (AvgIpc) is 2.54. The minimum absolute atomic E-state index is 0.239. The number of amides is 2. The lowest BCUT2D eigenvalue weighted by molar-refractivity contribution is -0.127. The second-order valence-corrected chi connectivity index (χ2v) is 7.79. The Morgan fingerprint density at radius 3 is 2.42 bits per heavy atom. The fraction of sp³-hybridized carbons (Fsp3) is 0.611. The first kappa shape index (κ1) is 20.1. The quantitative estimate of drug-likeness (QED) is 0.874. The molecule has 1 N–H and O–H groups in total. The summed E-state index contributed by atoms with van der Waals surface area (Å²) >= 11 is 0. The molecule has 1 aliphatic heterocycles. The number of hydrogen-bond acceptors (Lipinski definition) is 4. The lowest BCUT2D eigenvalue weighted by Gasteiger charge is -2.38. The Morgan fingerprint density at radius 2 is 1.88 bits per heavy atom. The van der Waals surface area contributed by atoms with Gasteiger partial charge in [-0.2, -0.15) is 0 Å². The summed E-state index contributed by atoms with van der Waals surface area (Å²) in [6.07, 6.45) is 0.283. The topological polar surface area (TPSA) is 71.5 Å². The average molecular weight is 369 g/mol. The van der Waals surface area contributed by atoms with E-state index in [4.69, 9.17) is 4.74 Å². The highest BCUT2D eigenvalue weighted by molar-refractivity contribution is 5.95. The standard InChI is InChI=1S/C18H25F2N3O3/c1-17(2,3)26-16(25)23-7-5-18(4,6-8-23)15(24)22-13-9-12(14(19)20)10-21-11-13/h9-11,14H,5-8H2,1-4H3,(H,22,24). The summed E-state index contributed by atoms with van der Waals surface area (Å²) in [4.78, 5) is 30.0. The van der Waals surface area contributed by atoms with Crippen LogP contribution in [0.4, 0.5) is 19.3 Å². The SMILES string of the molecule is CC(C)(C)OC(=O)N1CCC(C)(C(=O)Nc2cncc(C(F)F)c2)CC1.